The van der Waals surface area contributed by atoms with Crippen LogP contribution in [0.1, 0.15) is 45.3 Å². The zero-order valence-electron chi connectivity index (χ0n) is 19.6. The van der Waals surface area contributed by atoms with Crippen molar-refractivity contribution in [2.75, 3.05) is 59.4 Å². The summed E-state index contributed by atoms with van der Waals surface area (Å²) in [6, 6.07) is 7.59. The van der Waals surface area contributed by atoms with E-state index in [1.165, 1.54) is 19.5 Å². The van der Waals surface area contributed by atoms with Crippen molar-refractivity contribution < 1.29 is 9.84 Å². The number of aliphatic imine (C=N–C) groups is 1. The number of nitrogens with one attached hydrogen (secondary N) is 2. The van der Waals surface area contributed by atoms with Crippen molar-refractivity contribution in [1.29, 1.82) is 0 Å². The highest BCUT2D eigenvalue weighted by molar-refractivity contribution is 14.0. The standard InChI is InChI=1S/C23H41N5O2.HI/c1-5-24-23(25-12-6-14-28-15-7-13-27(4)16-17-28)26-18-22(29)20-8-10-21(11-9-20)30-19(2)3;/h8-11,19,22,29H,5-7,12-18H2,1-4H3,(H2,24,25,26);1H. The van der Waals surface area contributed by atoms with Gasteiger partial charge in [-0.05, 0) is 78.0 Å². The molecule has 8 heteroatoms. The van der Waals surface area contributed by atoms with Gasteiger partial charge in [-0.3, -0.25) is 4.99 Å². The van der Waals surface area contributed by atoms with Gasteiger partial charge in [0.15, 0.2) is 5.96 Å². The Balaban J connectivity index is 0.00000480. The summed E-state index contributed by atoms with van der Waals surface area (Å²) in [7, 11) is 2.20. The topological polar surface area (TPSA) is 72.4 Å². The molecule has 1 saturated heterocycles. The van der Waals surface area contributed by atoms with E-state index < -0.39 is 6.10 Å². The molecule has 0 aromatic heterocycles. The van der Waals surface area contributed by atoms with E-state index in [1.807, 2.05) is 38.1 Å². The molecule has 3 N–H and O–H groups in total. The lowest BCUT2D eigenvalue weighted by molar-refractivity contribution is 0.186. The van der Waals surface area contributed by atoms with Gasteiger partial charge in [0.2, 0.25) is 0 Å². The maximum absolute atomic E-state index is 10.5. The number of aliphatic hydroxyl groups excluding tert-OH is 1. The number of benzene rings is 1. The molecule has 0 aliphatic carbocycles. The molecule has 0 radical (unpaired) electrons. The van der Waals surface area contributed by atoms with Crippen molar-refractivity contribution in [1.82, 2.24) is 20.4 Å². The van der Waals surface area contributed by atoms with Crippen molar-refractivity contribution >= 4 is 29.9 Å². The third-order valence-corrected chi connectivity index (χ3v) is 5.16. The van der Waals surface area contributed by atoms with Crippen molar-refractivity contribution in [2.24, 2.45) is 4.99 Å². The van der Waals surface area contributed by atoms with E-state index in [-0.39, 0.29) is 30.1 Å². The maximum atomic E-state index is 10.5. The second-order valence-corrected chi connectivity index (χ2v) is 8.25. The Morgan fingerprint density at radius 1 is 1.13 bits per heavy atom. The quantitative estimate of drug-likeness (QED) is 0.181. The predicted octanol–water partition coefficient (Wildman–Crippen LogP) is 2.71. The summed E-state index contributed by atoms with van der Waals surface area (Å²) < 4.78 is 5.65. The van der Waals surface area contributed by atoms with Gasteiger partial charge < -0.3 is 30.3 Å². The van der Waals surface area contributed by atoms with E-state index >= 15 is 0 Å². The molecule has 1 aliphatic rings. The molecule has 0 bridgehead atoms. The molecular formula is C23H42IN5O2. The van der Waals surface area contributed by atoms with Gasteiger partial charge in [-0.25, -0.2) is 0 Å². The smallest absolute Gasteiger partial charge is 0.191 e. The summed E-state index contributed by atoms with van der Waals surface area (Å²) in [5.41, 5.74) is 0.844. The normalized spacial score (nSPS) is 17.0. The predicted molar refractivity (Wildman–Crippen MR) is 140 cm³/mol. The molecule has 1 fully saturated rings. The van der Waals surface area contributed by atoms with Crippen molar-refractivity contribution in [2.45, 2.75) is 45.8 Å². The van der Waals surface area contributed by atoms with Crippen LogP contribution >= 0.6 is 24.0 Å². The maximum Gasteiger partial charge on any atom is 0.191 e. The van der Waals surface area contributed by atoms with E-state index in [1.54, 1.807) is 0 Å². The first-order valence-electron chi connectivity index (χ1n) is 11.4. The Morgan fingerprint density at radius 3 is 2.55 bits per heavy atom. The van der Waals surface area contributed by atoms with Crippen molar-refractivity contribution in [3.05, 3.63) is 29.8 Å². The van der Waals surface area contributed by atoms with E-state index in [0.717, 1.165) is 56.4 Å². The molecule has 0 spiro atoms. The van der Waals surface area contributed by atoms with Crippen LogP contribution in [0.3, 0.4) is 0 Å². The van der Waals surface area contributed by atoms with E-state index in [4.69, 9.17) is 4.74 Å². The van der Waals surface area contributed by atoms with Crippen molar-refractivity contribution in [3.63, 3.8) is 0 Å². The van der Waals surface area contributed by atoms with E-state index in [0.29, 0.717) is 6.54 Å². The Kier molecular flexibility index (Phi) is 14.1. The fraction of sp³-hybridized carbons (Fsp3) is 0.696. The summed E-state index contributed by atoms with van der Waals surface area (Å²) in [6.45, 7) is 13.8. The Hall–Kier alpha value is -1.10. The molecule has 2 rings (SSSR count). The SMILES string of the molecule is CCNC(=NCC(O)c1ccc(OC(C)C)cc1)NCCCN1CCCN(C)CC1.I. The van der Waals surface area contributed by atoms with Crippen LogP contribution in [0.2, 0.25) is 0 Å². The van der Waals surface area contributed by atoms with E-state index in [9.17, 15) is 5.11 Å². The van der Waals surface area contributed by atoms with Crippen LogP contribution in [0, 0.1) is 0 Å². The zero-order valence-corrected chi connectivity index (χ0v) is 22.0. The Bertz CT molecular complexity index is 627. The summed E-state index contributed by atoms with van der Waals surface area (Å²) in [5, 5.41) is 17.1. The monoisotopic (exact) mass is 547 g/mol. The average Bonchev–Trinajstić information content (AvgIpc) is 2.93. The molecule has 1 heterocycles. The average molecular weight is 548 g/mol. The van der Waals surface area contributed by atoms with Crippen LogP contribution in [0.25, 0.3) is 0 Å². The number of hydrogen-bond acceptors (Lipinski definition) is 5. The third-order valence-electron chi connectivity index (χ3n) is 5.16. The highest BCUT2D eigenvalue weighted by Gasteiger charge is 2.12. The van der Waals surface area contributed by atoms with Crippen LogP contribution in [-0.2, 0) is 0 Å². The van der Waals surface area contributed by atoms with Crippen LogP contribution in [0.4, 0.5) is 0 Å². The molecule has 0 amide bonds. The number of aliphatic hydroxyl groups is 1. The third kappa shape index (κ3) is 11.4. The van der Waals surface area contributed by atoms with Crippen molar-refractivity contribution in [3.8, 4) is 5.75 Å². The fourth-order valence-electron chi connectivity index (χ4n) is 3.50. The lowest BCUT2D eigenvalue weighted by atomic mass is 10.1. The zero-order chi connectivity index (χ0) is 21.8. The van der Waals surface area contributed by atoms with Gasteiger partial charge in [0.1, 0.15) is 5.75 Å². The lowest BCUT2D eigenvalue weighted by Gasteiger charge is -2.20. The highest BCUT2D eigenvalue weighted by atomic mass is 127. The Morgan fingerprint density at radius 2 is 1.87 bits per heavy atom. The molecule has 1 aromatic rings. The first-order chi connectivity index (χ1) is 14.5. The van der Waals surface area contributed by atoms with Gasteiger partial charge in [-0.2, -0.15) is 0 Å². The van der Waals surface area contributed by atoms with Gasteiger partial charge in [-0.1, -0.05) is 12.1 Å². The Labute approximate surface area is 205 Å². The lowest BCUT2D eigenvalue weighted by Crippen LogP contribution is -2.39. The minimum Gasteiger partial charge on any atom is -0.491 e. The van der Waals surface area contributed by atoms with Crippen LogP contribution in [0.15, 0.2) is 29.3 Å². The van der Waals surface area contributed by atoms with Crippen LogP contribution < -0.4 is 15.4 Å². The van der Waals surface area contributed by atoms with Gasteiger partial charge in [0, 0.05) is 26.2 Å². The number of ether oxygens (including phenoxy) is 1. The van der Waals surface area contributed by atoms with Gasteiger partial charge >= 0.3 is 0 Å². The van der Waals surface area contributed by atoms with Crippen LogP contribution in [0.5, 0.6) is 5.75 Å². The molecule has 0 saturated carbocycles. The fourth-order valence-corrected chi connectivity index (χ4v) is 3.50. The number of guanidine groups is 1. The number of nitrogens with zero attached hydrogens (tertiary/aromatic N) is 3. The molecule has 31 heavy (non-hydrogen) atoms. The number of rotatable bonds is 10. The van der Waals surface area contributed by atoms with E-state index in [2.05, 4.69) is 39.4 Å². The summed E-state index contributed by atoms with van der Waals surface area (Å²) in [5.74, 6) is 1.57. The molecule has 1 atom stereocenters. The minimum absolute atomic E-state index is 0. The summed E-state index contributed by atoms with van der Waals surface area (Å²) in [4.78, 5) is 9.52. The first-order valence-corrected chi connectivity index (χ1v) is 11.4. The highest BCUT2D eigenvalue weighted by Crippen LogP contribution is 2.19. The molecule has 1 aliphatic heterocycles. The molecule has 1 unspecified atom stereocenters. The first kappa shape index (κ1) is 27.9. The summed E-state index contributed by atoms with van der Waals surface area (Å²) in [6.07, 6.45) is 1.83. The van der Waals surface area contributed by atoms with Gasteiger partial charge in [0.25, 0.3) is 0 Å². The molecule has 1 aromatic carbocycles. The number of hydrogen-bond donors (Lipinski definition) is 3. The largest absolute Gasteiger partial charge is 0.491 e. The molecular weight excluding hydrogens is 505 g/mol. The number of halogens is 1. The van der Waals surface area contributed by atoms with Gasteiger partial charge in [0.05, 0.1) is 18.8 Å². The molecule has 178 valence electrons. The van der Waals surface area contributed by atoms with Crippen LogP contribution in [-0.4, -0.2) is 86.4 Å². The minimum atomic E-state index is -0.636. The number of likely N-dealkylation sites (N-methyl/N-ethyl adjacent to an activating group) is 1. The second-order valence-electron chi connectivity index (χ2n) is 8.25. The van der Waals surface area contributed by atoms with Gasteiger partial charge in [-0.15, -0.1) is 24.0 Å². The molecule has 7 nitrogen and oxygen atoms in total. The summed E-state index contributed by atoms with van der Waals surface area (Å²) >= 11 is 0. The second kappa shape index (κ2) is 15.7.